The van der Waals surface area contributed by atoms with Crippen molar-refractivity contribution in [3.63, 3.8) is 0 Å². The molecule has 0 unspecified atom stereocenters. The molecule has 2 nitrogen and oxygen atoms in total. The smallest absolute Gasteiger partial charge is 0.119 e. The van der Waals surface area contributed by atoms with Crippen LogP contribution >= 0.6 is 12.4 Å². The van der Waals surface area contributed by atoms with E-state index in [-0.39, 0.29) is 12.4 Å². The lowest BCUT2D eigenvalue weighted by Crippen LogP contribution is -1.97. The van der Waals surface area contributed by atoms with Crippen molar-refractivity contribution in [1.29, 1.82) is 0 Å². The van der Waals surface area contributed by atoms with Crippen LogP contribution in [0.15, 0.2) is 24.3 Å². The van der Waals surface area contributed by atoms with Crippen LogP contribution in [0.25, 0.3) is 0 Å². The third kappa shape index (κ3) is 7.92. The van der Waals surface area contributed by atoms with E-state index in [0.29, 0.717) is 0 Å². The maximum atomic E-state index is 5.61. The molecule has 3 heteroatoms. The average Bonchev–Trinajstić information content (AvgIpc) is 2.30. The molecule has 0 aromatic heterocycles. The Morgan fingerprint density at radius 1 is 0.941 bits per heavy atom. The van der Waals surface area contributed by atoms with E-state index in [9.17, 15) is 0 Å². The summed E-state index contributed by atoms with van der Waals surface area (Å²) in [7, 11) is 0. The number of nitrogen functional groups attached to an aromatic ring is 1. The van der Waals surface area contributed by atoms with Gasteiger partial charge >= 0.3 is 0 Å². The second kappa shape index (κ2) is 10.3. The van der Waals surface area contributed by atoms with E-state index in [4.69, 9.17) is 10.5 Å². The summed E-state index contributed by atoms with van der Waals surface area (Å²) in [6, 6.07) is 7.59. The van der Waals surface area contributed by atoms with Crippen molar-refractivity contribution in [2.45, 2.75) is 45.4 Å². The minimum absolute atomic E-state index is 0. The van der Waals surface area contributed by atoms with Crippen LogP contribution in [0.2, 0.25) is 0 Å². The normalized spacial score (nSPS) is 9.71. The Morgan fingerprint density at radius 3 is 2.18 bits per heavy atom. The standard InChI is InChI=1S/C14H23NO.ClH/c1-2-3-4-5-6-7-12-16-14-10-8-13(15)9-11-14;/h8-11H,2-7,12,15H2,1H3;1H. The van der Waals surface area contributed by atoms with Gasteiger partial charge in [-0.25, -0.2) is 0 Å². The Morgan fingerprint density at radius 2 is 1.53 bits per heavy atom. The first-order valence-electron chi connectivity index (χ1n) is 6.31. The highest BCUT2D eigenvalue weighted by molar-refractivity contribution is 5.85. The average molecular weight is 258 g/mol. The van der Waals surface area contributed by atoms with Gasteiger partial charge in [-0.2, -0.15) is 0 Å². The molecule has 0 aliphatic carbocycles. The Hall–Kier alpha value is -0.890. The second-order valence-corrected chi connectivity index (χ2v) is 4.19. The van der Waals surface area contributed by atoms with Crippen molar-refractivity contribution in [1.82, 2.24) is 0 Å². The molecule has 0 fully saturated rings. The van der Waals surface area contributed by atoms with Crippen LogP contribution in [0.4, 0.5) is 5.69 Å². The SMILES string of the molecule is CCCCCCCCOc1ccc(N)cc1.Cl. The third-order valence-electron chi connectivity index (χ3n) is 2.65. The summed E-state index contributed by atoms with van der Waals surface area (Å²) in [5.74, 6) is 0.919. The largest absolute Gasteiger partial charge is 0.494 e. The molecule has 0 radical (unpaired) electrons. The molecule has 0 amide bonds. The van der Waals surface area contributed by atoms with E-state index in [0.717, 1.165) is 24.5 Å². The van der Waals surface area contributed by atoms with Crippen LogP contribution < -0.4 is 10.5 Å². The monoisotopic (exact) mass is 257 g/mol. The van der Waals surface area contributed by atoms with E-state index in [1.807, 2.05) is 24.3 Å². The maximum Gasteiger partial charge on any atom is 0.119 e. The van der Waals surface area contributed by atoms with Gasteiger partial charge in [0.25, 0.3) is 0 Å². The number of nitrogens with two attached hydrogens (primary N) is 1. The topological polar surface area (TPSA) is 35.2 Å². The van der Waals surface area contributed by atoms with E-state index in [1.54, 1.807) is 0 Å². The predicted octanol–water partition coefficient (Wildman–Crippen LogP) is 4.43. The fourth-order valence-electron chi connectivity index (χ4n) is 1.64. The number of unbranched alkanes of at least 4 members (excludes halogenated alkanes) is 5. The molecule has 0 saturated carbocycles. The van der Waals surface area contributed by atoms with Crippen molar-refractivity contribution in [2.24, 2.45) is 0 Å². The molecular weight excluding hydrogens is 234 g/mol. The van der Waals surface area contributed by atoms with Gasteiger partial charge in [-0.15, -0.1) is 12.4 Å². The Labute approximate surface area is 111 Å². The Kier molecular flexibility index (Phi) is 9.74. The molecule has 0 bridgehead atoms. The third-order valence-corrected chi connectivity index (χ3v) is 2.65. The summed E-state index contributed by atoms with van der Waals surface area (Å²) in [5.41, 5.74) is 6.38. The lowest BCUT2D eigenvalue weighted by Gasteiger charge is -2.06. The maximum absolute atomic E-state index is 5.61. The molecule has 0 aliphatic heterocycles. The summed E-state index contributed by atoms with van der Waals surface area (Å²) < 4.78 is 5.61. The molecule has 98 valence electrons. The zero-order chi connectivity index (χ0) is 11.6. The number of ether oxygens (including phenoxy) is 1. The quantitative estimate of drug-likeness (QED) is 0.552. The molecule has 0 spiro atoms. The van der Waals surface area contributed by atoms with Crippen LogP contribution in [0.1, 0.15) is 45.4 Å². The molecule has 1 aromatic rings. The highest BCUT2D eigenvalue weighted by atomic mass is 35.5. The summed E-state index contributed by atoms with van der Waals surface area (Å²) in [4.78, 5) is 0. The molecule has 2 N–H and O–H groups in total. The fourth-order valence-corrected chi connectivity index (χ4v) is 1.64. The highest BCUT2D eigenvalue weighted by Gasteiger charge is 1.94. The lowest BCUT2D eigenvalue weighted by atomic mass is 10.1. The number of rotatable bonds is 8. The number of benzene rings is 1. The number of hydrogen-bond donors (Lipinski definition) is 1. The number of anilines is 1. The first-order chi connectivity index (χ1) is 7.83. The second-order valence-electron chi connectivity index (χ2n) is 4.19. The molecule has 1 aromatic carbocycles. The van der Waals surface area contributed by atoms with Crippen LogP contribution in [0, 0.1) is 0 Å². The van der Waals surface area contributed by atoms with Gasteiger partial charge in [0.1, 0.15) is 5.75 Å². The van der Waals surface area contributed by atoms with Gasteiger partial charge < -0.3 is 10.5 Å². The van der Waals surface area contributed by atoms with Gasteiger partial charge in [0.2, 0.25) is 0 Å². The molecule has 1 rings (SSSR count). The number of halogens is 1. The van der Waals surface area contributed by atoms with E-state index in [2.05, 4.69) is 6.92 Å². The van der Waals surface area contributed by atoms with Gasteiger partial charge in [0.15, 0.2) is 0 Å². The van der Waals surface area contributed by atoms with Crippen LogP contribution in [0.3, 0.4) is 0 Å². The number of hydrogen-bond acceptors (Lipinski definition) is 2. The van der Waals surface area contributed by atoms with Crippen molar-refractivity contribution < 1.29 is 4.74 Å². The van der Waals surface area contributed by atoms with Gasteiger partial charge in [-0.3, -0.25) is 0 Å². The first kappa shape index (κ1) is 16.1. The molecule has 17 heavy (non-hydrogen) atoms. The minimum Gasteiger partial charge on any atom is -0.494 e. The van der Waals surface area contributed by atoms with E-state index in [1.165, 1.54) is 32.1 Å². The van der Waals surface area contributed by atoms with Crippen molar-refractivity contribution in [3.8, 4) is 5.75 Å². The van der Waals surface area contributed by atoms with Crippen LogP contribution in [-0.4, -0.2) is 6.61 Å². The van der Waals surface area contributed by atoms with Gasteiger partial charge in [0.05, 0.1) is 6.61 Å². The van der Waals surface area contributed by atoms with Crippen molar-refractivity contribution >= 4 is 18.1 Å². The summed E-state index contributed by atoms with van der Waals surface area (Å²) >= 11 is 0. The van der Waals surface area contributed by atoms with E-state index >= 15 is 0 Å². The Balaban J connectivity index is 0.00000256. The van der Waals surface area contributed by atoms with Crippen molar-refractivity contribution in [3.05, 3.63) is 24.3 Å². The minimum atomic E-state index is 0. The molecule has 0 heterocycles. The summed E-state index contributed by atoms with van der Waals surface area (Å²) in [6.45, 7) is 3.06. The highest BCUT2D eigenvalue weighted by Crippen LogP contribution is 2.13. The fraction of sp³-hybridized carbons (Fsp3) is 0.571. The molecule has 0 aliphatic rings. The predicted molar refractivity (Wildman–Crippen MR) is 77.0 cm³/mol. The van der Waals surface area contributed by atoms with E-state index < -0.39 is 0 Å². The van der Waals surface area contributed by atoms with Crippen molar-refractivity contribution in [2.75, 3.05) is 12.3 Å². The van der Waals surface area contributed by atoms with Crippen LogP contribution in [0.5, 0.6) is 5.75 Å². The summed E-state index contributed by atoms with van der Waals surface area (Å²) in [5, 5.41) is 0. The zero-order valence-corrected chi connectivity index (χ0v) is 11.5. The first-order valence-corrected chi connectivity index (χ1v) is 6.31. The van der Waals surface area contributed by atoms with Crippen LogP contribution in [-0.2, 0) is 0 Å². The molecular formula is C14H24ClNO. The summed E-state index contributed by atoms with van der Waals surface area (Å²) in [6.07, 6.45) is 7.78. The van der Waals surface area contributed by atoms with Gasteiger partial charge in [0, 0.05) is 5.69 Å². The van der Waals surface area contributed by atoms with Gasteiger partial charge in [-0.1, -0.05) is 39.0 Å². The zero-order valence-electron chi connectivity index (χ0n) is 10.7. The van der Waals surface area contributed by atoms with Gasteiger partial charge in [-0.05, 0) is 30.7 Å². The molecule has 0 atom stereocenters. The lowest BCUT2D eigenvalue weighted by molar-refractivity contribution is 0.304. The Bertz CT molecular complexity index is 274. The molecule has 0 saturated heterocycles.